The highest BCUT2D eigenvalue weighted by molar-refractivity contribution is 9.10. The number of hydrogen-bond acceptors (Lipinski definition) is 1. The van der Waals surface area contributed by atoms with Crippen molar-refractivity contribution >= 4 is 31.9 Å². The van der Waals surface area contributed by atoms with E-state index < -0.39 is 0 Å². The topological polar surface area (TPSA) is 9.23 Å². The molecule has 0 fully saturated rings. The van der Waals surface area contributed by atoms with Gasteiger partial charge in [-0.1, -0.05) is 31.9 Å². The third kappa shape index (κ3) is 3.12. The lowest BCUT2D eigenvalue weighted by molar-refractivity contribution is 0.475. The Labute approximate surface area is 122 Å². The molecule has 0 saturated heterocycles. The molecule has 0 radical (unpaired) electrons. The summed E-state index contributed by atoms with van der Waals surface area (Å²) in [4.78, 5) is 0. The number of hydrogen-bond donors (Lipinski definition) is 0. The van der Waals surface area contributed by atoms with Gasteiger partial charge in [0.2, 0.25) is 0 Å². The van der Waals surface area contributed by atoms with Crippen LogP contribution in [0.15, 0.2) is 40.9 Å². The molecule has 0 aliphatic carbocycles. The molecule has 0 saturated carbocycles. The van der Waals surface area contributed by atoms with Gasteiger partial charge < -0.3 is 4.74 Å². The molecule has 2 rings (SSSR count). The third-order valence-electron chi connectivity index (χ3n) is 2.52. The standard InChI is InChI=1S/C14H11Br2FO/c1-9-6-12(3-4-13(9)16)18-14-5-2-11(17)7-10(14)8-15/h2-7H,8H2,1H3. The molecule has 0 heterocycles. The minimum Gasteiger partial charge on any atom is -0.457 e. The van der Waals surface area contributed by atoms with Crippen LogP contribution in [-0.2, 0) is 5.33 Å². The van der Waals surface area contributed by atoms with Crippen molar-refractivity contribution < 1.29 is 9.13 Å². The van der Waals surface area contributed by atoms with Crippen LogP contribution >= 0.6 is 31.9 Å². The molecule has 0 atom stereocenters. The maximum atomic E-state index is 13.1. The molecule has 0 aliphatic heterocycles. The van der Waals surface area contributed by atoms with Crippen molar-refractivity contribution in [2.24, 2.45) is 0 Å². The van der Waals surface area contributed by atoms with Crippen molar-refractivity contribution in [1.82, 2.24) is 0 Å². The SMILES string of the molecule is Cc1cc(Oc2ccc(F)cc2CBr)ccc1Br. The number of benzene rings is 2. The summed E-state index contributed by atoms with van der Waals surface area (Å²) in [6.45, 7) is 1.99. The van der Waals surface area contributed by atoms with Gasteiger partial charge in [-0.15, -0.1) is 0 Å². The van der Waals surface area contributed by atoms with Crippen LogP contribution in [-0.4, -0.2) is 0 Å². The highest BCUT2D eigenvalue weighted by atomic mass is 79.9. The molecule has 18 heavy (non-hydrogen) atoms. The van der Waals surface area contributed by atoms with E-state index in [4.69, 9.17) is 4.74 Å². The predicted octanol–water partition coefficient (Wildman–Crippen LogP) is 5.58. The molecule has 0 bridgehead atoms. The maximum absolute atomic E-state index is 13.1. The normalized spacial score (nSPS) is 10.4. The number of aryl methyl sites for hydroxylation is 1. The second-order valence-electron chi connectivity index (χ2n) is 3.90. The molecule has 0 spiro atoms. The Balaban J connectivity index is 2.30. The average molecular weight is 374 g/mol. The molecule has 2 aromatic rings. The molecule has 4 heteroatoms. The zero-order valence-corrected chi connectivity index (χ0v) is 12.9. The maximum Gasteiger partial charge on any atom is 0.131 e. The smallest absolute Gasteiger partial charge is 0.131 e. The highest BCUT2D eigenvalue weighted by Crippen LogP contribution is 2.29. The van der Waals surface area contributed by atoms with Crippen LogP contribution < -0.4 is 4.74 Å². The van der Waals surface area contributed by atoms with Crippen molar-refractivity contribution in [3.8, 4) is 11.5 Å². The lowest BCUT2D eigenvalue weighted by Crippen LogP contribution is -1.91. The van der Waals surface area contributed by atoms with Crippen LogP contribution in [0.3, 0.4) is 0 Å². The van der Waals surface area contributed by atoms with Crippen LogP contribution in [0.2, 0.25) is 0 Å². The van der Waals surface area contributed by atoms with Crippen molar-refractivity contribution in [1.29, 1.82) is 0 Å². The second-order valence-corrected chi connectivity index (χ2v) is 5.31. The summed E-state index contributed by atoms with van der Waals surface area (Å²) < 4.78 is 19.9. The van der Waals surface area contributed by atoms with Gasteiger partial charge in [0, 0.05) is 15.4 Å². The van der Waals surface area contributed by atoms with E-state index in [2.05, 4.69) is 31.9 Å². The summed E-state index contributed by atoms with van der Waals surface area (Å²) in [6, 6.07) is 10.2. The molecule has 0 aromatic heterocycles. The van der Waals surface area contributed by atoms with Gasteiger partial charge in [-0.2, -0.15) is 0 Å². The van der Waals surface area contributed by atoms with Crippen LogP contribution in [0, 0.1) is 12.7 Å². The predicted molar refractivity (Wildman–Crippen MR) is 78.0 cm³/mol. The zero-order valence-electron chi connectivity index (χ0n) is 9.71. The molecule has 94 valence electrons. The Hall–Kier alpha value is -0.870. The minimum absolute atomic E-state index is 0.260. The summed E-state index contributed by atoms with van der Waals surface area (Å²) in [7, 11) is 0. The van der Waals surface area contributed by atoms with Gasteiger partial charge >= 0.3 is 0 Å². The van der Waals surface area contributed by atoms with Gasteiger partial charge in [0.05, 0.1) is 0 Å². The van der Waals surface area contributed by atoms with E-state index in [1.165, 1.54) is 12.1 Å². The fourth-order valence-electron chi connectivity index (χ4n) is 1.56. The zero-order chi connectivity index (χ0) is 13.1. The lowest BCUT2D eigenvalue weighted by Gasteiger charge is -2.10. The van der Waals surface area contributed by atoms with E-state index in [-0.39, 0.29) is 5.82 Å². The molecule has 0 unspecified atom stereocenters. The first kappa shape index (κ1) is 13.6. The minimum atomic E-state index is -0.260. The average Bonchev–Trinajstić information content (AvgIpc) is 2.36. The van der Waals surface area contributed by atoms with E-state index in [0.29, 0.717) is 11.1 Å². The summed E-state index contributed by atoms with van der Waals surface area (Å²) in [5.74, 6) is 1.14. The quantitative estimate of drug-likeness (QED) is 0.637. The monoisotopic (exact) mass is 372 g/mol. The Morgan fingerprint density at radius 3 is 2.61 bits per heavy atom. The van der Waals surface area contributed by atoms with Crippen LogP contribution in [0.25, 0.3) is 0 Å². The van der Waals surface area contributed by atoms with Crippen LogP contribution in [0.5, 0.6) is 11.5 Å². The van der Waals surface area contributed by atoms with Gasteiger partial charge in [-0.05, 0) is 48.9 Å². The van der Waals surface area contributed by atoms with Crippen molar-refractivity contribution in [3.05, 3.63) is 57.8 Å². The summed E-state index contributed by atoms with van der Waals surface area (Å²) >= 11 is 6.77. The van der Waals surface area contributed by atoms with Gasteiger partial charge in [0.15, 0.2) is 0 Å². The summed E-state index contributed by atoms with van der Waals surface area (Å²) in [5, 5.41) is 0.551. The third-order valence-corrected chi connectivity index (χ3v) is 4.02. The molecular weight excluding hydrogens is 363 g/mol. The van der Waals surface area contributed by atoms with Gasteiger partial charge in [-0.25, -0.2) is 4.39 Å². The van der Waals surface area contributed by atoms with Crippen molar-refractivity contribution in [2.45, 2.75) is 12.3 Å². The van der Waals surface area contributed by atoms with Gasteiger partial charge in [0.1, 0.15) is 17.3 Å². The van der Waals surface area contributed by atoms with E-state index in [9.17, 15) is 4.39 Å². The Bertz CT molecular complexity index is 570. The van der Waals surface area contributed by atoms with Crippen LogP contribution in [0.1, 0.15) is 11.1 Å². The Morgan fingerprint density at radius 1 is 1.17 bits per heavy atom. The molecule has 0 amide bonds. The molecule has 0 aliphatic rings. The first-order chi connectivity index (χ1) is 8.60. The Morgan fingerprint density at radius 2 is 1.94 bits per heavy atom. The second kappa shape index (κ2) is 5.85. The Kier molecular flexibility index (Phi) is 4.40. The van der Waals surface area contributed by atoms with E-state index in [0.717, 1.165) is 21.3 Å². The number of halogens is 3. The largest absolute Gasteiger partial charge is 0.457 e. The number of alkyl halides is 1. The molecule has 2 aromatic carbocycles. The van der Waals surface area contributed by atoms with E-state index in [1.807, 2.05) is 25.1 Å². The highest BCUT2D eigenvalue weighted by Gasteiger charge is 2.06. The van der Waals surface area contributed by atoms with Gasteiger partial charge in [-0.3, -0.25) is 0 Å². The van der Waals surface area contributed by atoms with Crippen LogP contribution in [0.4, 0.5) is 4.39 Å². The molecule has 1 nitrogen and oxygen atoms in total. The fraction of sp³-hybridized carbons (Fsp3) is 0.143. The van der Waals surface area contributed by atoms with Crippen molar-refractivity contribution in [3.63, 3.8) is 0 Å². The lowest BCUT2D eigenvalue weighted by atomic mass is 10.2. The summed E-state index contributed by atoms with van der Waals surface area (Å²) in [5.41, 5.74) is 1.88. The van der Waals surface area contributed by atoms with E-state index in [1.54, 1.807) is 6.07 Å². The first-order valence-electron chi connectivity index (χ1n) is 5.38. The van der Waals surface area contributed by atoms with Gasteiger partial charge in [0.25, 0.3) is 0 Å². The van der Waals surface area contributed by atoms with Crippen molar-refractivity contribution in [2.75, 3.05) is 0 Å². The molecule has 0 N–H and O–H groups in total. The van der Waals surface area contributed by atoms with E-state index >= 15 is 0 Å². The first-order valence-corrected chi connectivity index (χ1v) is 7.30. The number of rotatable bonds is 3. The fourth-order valence-corrected chi connectivity index (χ4v) is 2.24. The summed E-state index contributed by atoms with van der Waals surface area (Å²) in [6.07, 6.45) is 0. The number of ether oxygens (including phenoxy) is 1. The molecular formula is C14H11Br2FO.